The normalized spacial score (nSPS) is 17.1. The summed E-state index contributed by atoms with van der Waals surface area (Å²) in [4.78, 5) is 32.4. The second kappa shape index (κ2) is 11.9. The largest absolute Gasteiger partial charge is 0.355 e. The number of nitrogens with one attached hydrogen (secondary N) is 1. The molecule has 0 saturated carbocycles. The molecule has 5 nitrogen and oxygen atoms in total. The molecule has 2 amide bonds. The Bertz CT molecular complexity index is 1140. The summed E-state index contributed by atoms with van der Waals surface area (Å²) in [6.45, 7) is 1.03. The lowest BCUT2D eigenvalue weighted by molar-refractivity contribution is -0.130. The van der Waals surface area contributed by atoms with Crippen LogP contribution in [0.5, 0.6) is 0 Å². The minimum Gasteiger partial charge on any atom is -0.355 e. The van der Waals surface area contributed by atoms with Gasteiger partial charge in [-0.25, -0.2) is 4.99 Å². The molecule has 3 aromatic carbocycles. The third kappa shape index (κ3) is 6.72. The molecule has 0 bridgehead atoms. The topological polar surface area (TPSA) is 61.8 Å². The van der Waals surface area contributed by atoms with Gasteiger partial charge in [0.05, 0.1) is 10.9 Å². The molecule has 1 heterocycles. The number of halogens is 1. The third-order valence-electron chi connectivity index (χ3n) is 5.51. The zero-order valence-electron chi connectivity index (χ0n) is 18.7. The standard InChI is InChI=1S/C27H26ClN3O2S/c28-22-11-13-23(14-12-22)30-27-31(18-16-21-9-5-2-6-10-21)25(32)19-24(34-27)26(33)29-17-15-20-7-3-1-4-8-20/h1-14,24H,15-19H2,(H,29,33). The number of carbonyl (C=O) groups excluding carboxylic acids is 2. The van der Waals surface area contributed by atoms with Gasteiger partial charge in [-0.2, -0.15) is 0 Å². The van der Waals surface area contributed by atoms with E-state index in [1.165, 1.54) is 11.8 Å². The summed E-state index contributed by atoms with van der Waals surface area (Å²) in [7, 11) is 0. The van der Waals surface area contributed by atoms with Crippen LogP contribution in [-0.2, 0) is 22.4 Å². The molecule has 0 radical (unpaired) electrons. The minimum atomic E-state index is -0.512. The molecule has 34 heavy (non-hydrogen) atoms. The number of carbonyl (C=O) groups is 2. The van der Waals surface area contributed by atoms with Crippen LogP contribution >= 0.6 is 23.4 Å². The predicted octanol–water partition coefficient (Wildman–Crippen LogP) is 5.26. The maximum Gasteiger partial charge on any atom is 0.234 e. The molecule has 3 aromatic rings. The van der Waals surface area contributed by atoms with Crippen molar-refractivity contribution in [3.63, 3.8) is 0 Å². The van der Waals surface area contributed by atoms with Crippen molar-refractivity contribution in [3.8, 4) is 0 Å². The minimum absolute atomic E-state index is 0.0920. The summed E-state index contributed by atoms with van der Waals surface area (Å²) in [5, 5.41) is 3.63. The molecule has 0 aliphatic carbocycles. The van der Waals surface area contributed by atoms with E-state index in [4.69, 9.17) is 16.6 Å². The molecule has 0 aromatic heterocycles. The van der Waals surface area contributed by atoms with Gasteiger partial charge >= 0.3 is 0 Å². The molecule has 4 rings (SSSR count). The Morgan fingerprint density at radius 2 is 1.56 bits per heavy atom. The zero-order chi connectivity index (χ0) is 23.8. The Labute approximate surface area is 209 Å². The highest BCUT2D eigenvalue weighted by Crippen LogP contribution is 2.29. The van der Waals surface area contributed by atoms with E-state index in [9.17, 15) is 9.59 Å². The summed E-state index contributed by atoms with van der Waals surface area (Å²) in [5.74, 6) is -0.230. The third-order valence-corrected chi connectivity index (χ3v) is 6.95. The van der Waals surface area contributed by atoms with E-state index in [1.807, 2.05) is 60.7 Å². The molecule has 1 fully saturated rings. The number of hydrogen-bond acceptors (Lipinski definition) is 4. The lowest BCUT2D eigenvalue weighted by Crippen LogP contribution is -2.47. The van der Waals surface area contributed by atoms with Crippen LogP contribution in [0.3, 0.4) is 0 Å². The molecule has 1 aliphatic heterocycles. The number of amidine groups is 1. The van der Waals surface area contributed by atoms with Gasteiger partial charge in [-0.15, -0.1) is 0 Å². The summed E-state index contributed by atoms with van der Waals surface area (Å²) in [6, 6.07) is 27.2. The Balaban J connectivity index is 1.46. The fraction of sp³-hybridized carbons (Fsp3) is 0.222. The number of nitrogens with zero attached hydrogens (tertiary/aromatic N) is 2. The first-order valence-corrected chi connectivity index (χ1v) is 12.5. The van der Waals surface area contributed by atoms with Gasteiger partial charge < -0.3 is 5.32 Å². The molecular formula is C27H26ClN3O2S. The maximum atomic E-state index is 13.1. The highest BCUT2D eigenvalue weighted by molar-refractivity contribution is 8.15. The van der Waals surface area contributed by atoms with Crippen molar-refractivity contribution in [3.05, 3.63) is 101 Å². The van der Waals surface area contributed by atoms with Crippen molar-refractivity contribution in [1.29, 1.82) is 0 Å². The lowest BCUT2D eigenvalue weighted by Gasteiger charge is -2.32. The van der Waals surface area contributed by atoms with Crippen molar-refractivity contribution in [2.75, 3.05) is 13.1 Å². The predicted molar refractivity (Wildman–Crippen MR) is 140 cm³/mol. The SMILES string of the molecule is O=C(NCCc1ccccc1)C1CC(=O)N(CCc2ccccc2)C(=Nc2ccc(Cl)cc2)S1. The van der Waals surface area contributed by atoms with Crippen molar-refractivity contribution in [2.45, 2.75) is 24.5 Å². The number of amides is 2. The lowest BCUT2D eigenvalue weighted by atomic mass is 10.1. The number of thioether (sulfide) groups is 1. The van der Waals surface area contributed by atoms with E-state index >= 15 is 0 Å². The number of rotatable bonds is 8. The maximum absolute atomic E-state index is 13.1. The average molecular weight is 492 g/mol. The quantitative estimate of drug-likeness (QED) is 0.467. The molecule has 1 saturated heterocycles. The molecule has 174 valence electrons. The van der Waals surface area contributed by atoms with E-state index in [2.05, 4.69) is 5.32 Å². The molecule has 7 heteroatoms. The smallest absolute Gasteiger partial charge is 0.234 e. The van der Waals surface area contributed by atoms with Crippen LogP contribution in [0.4, 0.5) is 5.69 Å². The van der Waals surface area contributed by atoms with Gasteiger partial charge in [0.1, 0.15) is 0 Å². The first-order valence-electron chi connectivity index (χ1n) is 11.3. The molecule has 1 unspecified atom stereocenters. The number of hydrogen-bond donors (Lipinski definition) is 1. The van der Waals surface area contributed by atoms with Gasteiger partial charge in [0.2, 0.25) is 11.8 Å². The highest BCUT2D eigenvalue weighted by Gasteiger charge is 2.35. The zero-order valence-corrected chi connectivity index (χ0v) is 20.3. The van der Waals surface area contributed by atoms with Crippen molar-refractivity contribution >= 4 is 46.0 Å². The number of aliphatic imine (C=N–C) groups is 1. The Morgan fingerprint density at radius 1 is 0.941 bits per heavy atom. The van der Waals surface area contributed by atoms with Crippen LogP contribution in [-0.4, -0.2) is 40.2 Å². The van der Waals surface area contributed by atoms with Crippen molar-refractivity contribution < 1.29 is 9.59 Å². The van der Waals surface area contributed by atoms with E-state index in [1.54, 1.807) is 29.2 Å². The van der Waals surface area contributed by atoms with Crippen LogP contribution in [0.2, 0.25) is 5.02 Å². The summed E-state index contributed by atoms with van der Waals surface area (Å²) < 4.78 is 0. The van der Waals surface area contributed by atoms with Gasteiger partial charge in [0, 0.05) is 24.5 Å². The van der Waals surface area contributed by atoms with Gasteiger partial charge in [-0.3, -0.25) is 14.5 Å². The van der Waals surface area contributed by atoms with Crippen molar-refractivity contribution in [1.82, 2.24) is 10.2 Å². The highest BCUT2D eigenvalue weighted by atomic mass is 35.5. The fourth-order valence-electron chi connectivity index (χ4n) is 3.66. The molecule has 0 spiro atoms. The molecular weight excluding hydrogens is 466 g/mol. The van der Waals surface area contributed by atoms with Crippen LogP contribution in [0, 0.1) is 0 Å². The van der Waals surface area contributed by atoms with Gasteiger partial charge in [0.25, 0.3) is 0 Å². The second-order valence-corrected chi connectivity index (χ2v) is 9.60. The van der Waals surface area contributed by atoms with Crippen LogP contribution in [0.25, 0.3) is 0 Å². The summed E-state index contributed by atoms with van der Waals surface area (Å²) in [6.07, 6.45) is 1.60. The first-order chi connectivity index (χ1) is 16.6. The monoisotopic (exact) mass is 491 g/mol. The Hall–Kier alpha value is -3.09. The number of benzene rings is 3. The van der Waals surface area contributed by atoms with Gasteiger partial charge in [-0.05, 0) is 48.2 Å². The van der Waals surface area contributed by atoms with Crippen molar-refractivity contribution in [2.24, 2.45) is 4.99 Å². The average Bonchev–Trinajstić information content (AvgIpc) is 2.86. The van der Waals surface area contributed by atoms with E-state index in [0.717, 1.165) is 17.5 Å². The molecule has 1 atom stereocenters. The molecule has 1 aliphatic rings. The molecule has 1 N–H and O–H groups in total. The Morgan fingerprint density at radius 3 is 2.21 bits per heavy atom. The van der Waals surface area contributed by atoms with E-state index < -0.39 is 5.25 Å². The van der Waals surface area contributed by atoms with E-state index in [0.29, 0.717) is 35.4 Å². The fourth-order valence-corrected chi connectivity index (χ4v) is 4.94. The van der Waals surface area contributed by atoms with Gasteiger partial charge in [0.15, 0.2) is 5.17 Å². The Kier molecular flexibility index (Phi) is 8.39. The van der Waals surface area contributed by atoms with Crippen LogP contribution < -0.4 is 5.32 Å². The first kappa shape index (κ1) is 24.0. The van der Waals surface area contributed by atoms with Crippen LogP contribution in [0.1, 0.15) is 17.5 Å². The van der Waals surface area contributed by atoms with E-state index in [-0.39, 0.29) is 18.2 Å². The summed E-state index contributed by atoms with van der Waals surface area (Å²) >= 11 is 7.35. The second-order valence-electron chi connectivity index (χ2n) is 7.99. The summed E-state index contributed by atoms with van der Waals surface area (Å²) in [5.41, 5.74) is 2.99. The van der Waals surface area contributed by atoms with Gasteiger partial charge in [-0.1, -0.05) is 84.0 Å². The van der Waals surface area contributed by atoms with Crippen LogP contribution in [0.15, 0.2) is 89.9 Å².